The molecule has 2 aromatic carbocycles. The Hall–Kier alpha value is -2.67. The fourth-order valence-electron chi connectivity index (χ4n) is 2.17. The number of Topliss-reactive ketones (excluding diaryl/α,β-unsaturated/α-hetero) is 1. The van der Waals surface area contributed by atoms with E-state index in [0.717, 1.165) is 11.8 Å². The molecule has 0 fully saturated rings. The highest BCUT2D eigenvalue weighted by atomic mass is 32.2. The first kappa shape index (κ1) is 17.2. The largest absolute Gasteiger partial charge is 0.454 e. The second kappa shape index (κ2) is 7.48. The molecular weight excluding hydrogens is 345 g/mol. The van der Waals surface area contributed by atoms with E-state index in [1.165, 1.54) is 31.2 Å². The van der Waals surface area contributed by atoms with Gasteiger partial charge in [-0.3, -0.25) is 9.59 Å². The minimum absolute atomic E-state index is 0.0339. The molecule has 0 saturated carbocycles. The number of carbonyl (C=O) groups excluding carboxylic acids is 2. The molecule has 0 bridgehead atoms. The van der Waals surface area contributed by atoms with Crippen LogP contribution in [0.3, 0.4) is 0 Å². The molecule has 0 unspecified atom stereocenters. The summed E-state index contributed by atoms with van der Waals surface area (Å²) in [4.78, 5) is 28.3. The van der Waals surface area contributed by atoms with Gasteiger partial charge in [0.25, 0.3) is 5.22 Å². The van der Waals surface area contributed by atoms with Gasteiger partial charge in [0.05, 0.1) is 0 Å². The molecule has 128 valence electrons. The fourth-order valence-corrected chi connectivity index (χ4v) is 2.79. The average molecular weight is 359 g/mol. The molecular formula is C18H14FNO4S. The van der Waals surface area contributed by atoms with Crippen molar-refractivity contribution in [2.75, 3.05) is 5.75 Å². The van der Waals surface area contributed by atoms with Crippen LogP contribution in [0.1, 0.15) is 17.3 Å². The van der Waals surface area contributed by atoms with Gasteiger partial charge < -0.3 is 9.15 Å². The summed E-state index contributed by atoms with van der Waals surface area (Å²) in [5.74, 6) is -1.42. The second-order valence-electron chi connectivity index (χ2n) is 5.24. The Balaban J connectivity index is 1.54. The molecule has 5 nitrogen and oxygen atoms in total. The third-order valence-corrected chi connectivity index (χ3v) is 4.20. The molecule has 0 radical (unpaired) electrons. The number of thioether (sulfide) groups is 1. The van der Waals surface area contributed by atoms with Gasteiger partial charge in [-0.25, -0.2) is 9.37 Å². The molecule has 0 amide bonds. The topological polar surface area (TPSA) is 69.4 Å². The fraction of sp³-hybridized carbons (Fsp3) is 0.167. The molecule has 1 atom stereocenters. The van der Waals surface area contributed by atoms with Crippen LogP contribution < -0.4 is 0 Å². The highest BCUT2D eigenvalue weighted by molar-refractivity contribution is 7.99. The van der Waals surface area contributed by atoms with Gasteiger partial charge in [0.1, 0.15) is 17.1 Å². The molecule has 3 rings (SSSR count). The lowest BCUT2D eigenvalue weighted by Crippen LogP contribution is -2.25. The maximum absolute atomic E-state index is 12.9. The predicted octanol–water partition coefficient (Wildman–Crippen LogP) is 3.87. The van der Waals surface area contributed by atoms with Crippen LogP contribution in [-0.2, 0) is 9.53 Å². The zero-order valence-electron chi connectivity index (χ0n) is 13.3. The van der Waals surface area contributed by atoms with Gasteiger partial charge in [-0.1, -0.05) is 23.9 Å². The summed E-state index contributed by atoms with van der Waals surface area (Å²) in [6.45, 7) is 1.48. The number of carbonyl (C=O) groups is 2. The van der Waals surface area contributed by atoms with E-state index in [1.807, 2.05) is 18.2 Å². The van der Waals surface area contributed by atoms with Gasteiger partial charge in [0.15, 0.2) is 11.7 Å². The number of halogens is 1. The summed E-state index contributed by atoms with van der Waals surface area (Å²) in [6.07, 6.45) is -0.956. The highest BCUT2D eigenvalue weighted by Crippen LogP contribution is 2.23. The number of para-hydroxylation sites is 2. The molecule has 0 saturated heterocycles. The number of hydrogen-bond donors (Lipinski definition) is 0. The zero-order chi connectivity index (χ0) is 17.8. The van der Waals surface area contributed by atoms with Crippen LogP contribution >= 0.6 is 11.8 Å². The molecule has 25 heavy (non-hydrogen) atoms. The van der Waals surface area contributed by atoms with E-state index in [4.69, 9.17) is 9.15 Å². The van der Waals surface area contributed by atoms with Crippen LogP contribution in [0.5, 0.6) is 0 Å². The summed E-state index contributed by atoms with van der Waals surface area (Å²) >= 11 is 1.09. The zero-order valence-corrected chi connectivity index (χ0v) is 14.1. The number of nitrogens with zero attached hydrogens (tertiary/aromatic N) is 1. The van der Waals surface area contributed by atoms with Crippen LogP contribution in [0.2, 0.25) is 0 Å². The van der Waals surface area contributed by atoms with Gasteiger partial charge in [0.2, 0.25) is 5.78 Å². The molecule has 0 aliphatic carbocycles. The number of rotatable bonds is 6. The molecule has 0 aliphatic heterocycles. The van der Waals surface area contributed by atoms with Gasteiger partial charge in [-0.15, -0.1) is 0 Å². The molecule has 7 heteroatoms. The molecule has 0 N–H and O–H groups in total. The van der Waals surface area contributed by atoms with Crippen molar-refractivity contribution >= 4 is 34.6 Å². The molecule has 1 heterocycles. The first-order chi connectivity index (χ1) is 12.0. The first-order valence-corrected chi connectivity index (χ1v) is 8.49. The normalized spacial score (nSPS) is 12.1. The van der Waals surface area contributed by atoms with E-state index in [9.17, 15) is 14.0 Å². The number of fused-ring (bicyclic) bond motifs is 1. The second-order valence-corrected chi connectivity index (χ2v) is 6.17. The quantitative estimate of drug-likeness (QED) is 0.378. The standard InChI is InChI=1S/C18H14FNO4S/c1-11(17(22)12-6-8-13(19)9-7-12)23-16(21)10-25-18-20-14-4-2-3-5-15(14)24-18/h2-9,11H,10H2,1H3/t11-/m0/s1. The summed E-state index contributed by atoms with van der Waals surface area (Å²) in [5, 5.41) is 0.357. The Labute approximate surface area is 147 Å². The number of esters is 1. The van der Waals surface area contributed by atoms with Crippen LogP contribution in [0, 0.1) is 5.82 Å². The smallest absolute Gasteiger partial charge is 0.317 e. The summed E-state index contributed by atoms with van der Waals surface area (Å²) in [7, 11) is 0. The van der Waals surface area contributed by atoms with Gasteiger partial charge >= 0.3 is 5.97 Å². The summed E-state index contributed by atoms with van der Waals surface area (Å²) in [6, 6.07) is 12.4. The molecule has 3 aromatic rings. The number of benzene rings is 2. The van der Waals surface area contributed by atoms with Crippen LogP contribution in [0.15, 0.2) is 58.2 Å². The SMILES string of the molecule is C[C@H](OC(=O)CSc1nc2ccccc2o1)C(=O)c1ccc(F)cc1. The Morgan fingerprint density at radius 1 is 1.20 bits per heavy atom. The number of oxazole rings is 1. The van der Waals surface area contributed by atoms with Crippen LogP contribution in [-0.4, -0.2) is 28.6 Å². The number of aromatic nitrogens is 1. The van der Waals surface area contributed by atoms with E-state index in [2.05, 4.69) is 4.98 Å². The Morgan fingerprint density at radius 2 is 1.92 bits per heavy atom. The van der Waals surface area contributed by atoms with Crippen molar-refractivity contribution in [3.05, 3.63) is 59.9 Å². The van der Waals surface area contributed by atoms with E-state index < -0.39 is 17.9 Å². The summed E-state index contributed by atoms with van der Waals surface area (Å²) < 4.78 is 23.5. The van der Waals surface area contributed by atoms with E-state index >= 15 is 0 Å². The Bertz CT molecular complexity index is 874. The van der Waals surface area contributed by atoms with Crippen molar-refractivity contribution in [2.24, 2.45) is 0 Å². The number of ether oxygens (including phenoxy) is 1. The monoisotopic (exact) mass is 359 g/mol. The predicted molar refractivity (Wildman–Crippen MR) is 91.0 cm³/mol. The lowest BCUT2D eigenvalue weighted by Gasteiger charge is -2.11. The van der Waals surface area contributed by atoms with Crippen LogP contribution in [0.4, 0.5) is 4.39 Å². The van der Waals surface area contributed by atoms with E-state index in [0.29, 0.717) is 16.3 Å². The Kier molecular flexibility index (Phi) is 5.14. The van der Waals surface area contributed by atoms with E-state index in [-0.39, 0.29) is 17.1 Å². The molecule has 0 aliphatic rings. The maximum Gasteiger partial charge on any atom is 0.317 e. The van der Waals surface area contributed by atoms with Crippen molar-refractivity contribution in [3.63, 3.8) is 0 Å². The van der Waals surface area contributed by atoms with Gasteiger partial charge in [-0.2, -0.15) is 0 Å². The average Bonchev–Trinajstić information content (AvgIpc) is 3.03. The van der Waals surface area contributed by atoms with Crippen molar-refractivity contribution < 1.29 is 23.1 Å². The van der Waals surface area contributed by atoms with Crippen LogP contribution in [0.25, 0.3) is 11.1 Å². The molecule has 1 aromatic heterocycles. The third-order valence-electron chi connectivity index (χ3n) is 3.39. The minimum atomic E-state index is -0.956. The van der Waals surface area contributed by atoms with Gasteiger partial charge in [0, 0.05) is 5.56 Å². The summed E-state index contributed by atoms with van der Waals surface area (Å²) in [5.41, 5.74) is 1.63. The van der Waals surface area contributed by atoms with Crippen molar-refractivity contribution in [1.29, 1.82) is 0 Å². The highest BCUT2D eigenvalue weighted by Gasteiger charge is 2.20. The maximum atomic E-state index is 12.9. The number of hydrogen-bond acceptors (Lipinski definition) is 6. The third kappa shape index (κ3) is 4.24. The minimum Gasteiger partial charge on any atom is -0.454 e. The van der Waals surface area contributed by atoms with E-state index in [1.54, 1.807) is 6.07 Å². The lowest BCUT2D eigenvalue weighted by molar-refractivity contribution is -0.143. The first-order valence-electron chi connectivity index (χ1n) is 7.50. The number of ketones is 1. The van der Waals surface area contributed by atoms with Gasteiger partial charge in [-0.05, 0) is 43.3 Å². The van der Waals surface area contributed by atoms with Crippen molar-refractivity contribution in [1.82, 2.24) is 4.98 Å². The lowest BCUT2D eigenvalue weighted by atomic mass is 10.1. The molecule has 0 spiro atoms. The Morgan fingerprint density at radius 3 is 2.64 bits per heavy atom. The van der Waals surface area contributed by atoms with Crippen molar-refractivity contribution in [2.45, 2.75) is 18.3 Å². The van der Waals surface area contributed by atoms with Crippen molar-refractivity contribution in [3.8, 4) is 0 Å².